The highest BCUT2D eigenvalue weighted by Gasteiger charge is 2.20. The maximum absolute atomic E-state index is 10.1. The van der Waals surface area contributed by atoms with Gasteiger partial charge in [0.2, 0.25) is 0 Å². The van der Waals surface area contributed by atoms with Crippen LogP contribution in [-0.4, -0.2) is 22.4 Å². The van der Waals surface area contributed by atoms with Crippen molar-refractivity contribution in [2.24, 2.45) is 0 Å². The first-order valence-corrected chi connectivity index (χ1v) is 6.81. The maximum Gasteiger partial charge on any atom is 0.0807 e. The molecule has 0 saturated carbocycles. The predicted octanol–water partition coefficient (Wildman–Crippen LogP) is 2.43. The summed E-state index contributed by atoms with van der Waals surface area (Å²) in [5.74, 6) is 0. The molecule has 2 unspecified atom stereocenters. The minimum absolute atomic E-state index is 0.252. The van der Waals surface area contributed by atoms with Gasteiger partial charge in [0.15, 0.2) is 0 Å². The van der Waals surface area contributed by atoms with Gasteiger partial charge in [-0.2, -0.15) is 0 Å². The Hall–Kier alpha value is -0.800. The highest BCUT2D eigenvalue weighted by atomic mass is 16.5. The Morgan fingerprint density at radius 3 is 3.00 bits per heavy atom. The summed E-state index contributed by atoms with van der Waals surface area (Å²) in [7, 11) is 0. The fraction of sp³-hybridized carbons (Fsp3) is 0.714. The Labute approximate surface area is 102 Å². The van der Waals surface area contributed by atoms with Crippen LogP contribution in [0.2, 0.25) is 0 Å². The Kier molecular flexibility index (Phi) is 3.21. The molecular formula is C14H21NO2. The number of nitrogens with zero attached hydrogens (tertiary/aromatic N) is 1. The average molecular weight is 235 g/mol. The SMILES string of the molecule is OC1CCCCc2cn(CC3CCCO3)cc21. The van der Waals surface area contributed by atoms with Crippen molar-refractivity contribution in [2.75, 3.05) is 6.61 Å². The predicted molar refractivity (Wildman–Crippen MR) is 65.9 cm³/mol. The van der Waals surface area contributed by atoms with Crippen molar-refractivity contribution in [3.63, 3.8) is 0 Å². The van der Waals surface area contributed by atoms with Crippen LogP contribution in [0.15, 0.2) is 12.4 Å². The maximum atomic E-state index is 10.1. The highest BCUT2D eigenvalue weighted by Crippen LogP contribution is 2.29. The summed E-state index contributed by atoms with van der Waals surface area (Å²) < 4.78 is 7.87. The molecule has 2 aliphatic rings. The number of rotatable bonds is 2. The van der Waals surface area contributed by atoms with Crippen molar-refractivity contribution in [1.29, 1.82) is 0 Å². The lowest BCUT2D eigenvalue weighted by Crippen LogP contribution is -2.13. The van der Waals surface area contributed by atoms with E-state index in [0.29, 0.717) is 6.10 Å². The summed E-state index contributed by atoms with van der Waals surface area (Å²) in [6.07, 6.45) is 11.2. The van der Waals surface area contributed by atoms with Gasteiger partial charge in [0, 0.05) is 31.1 Å². The molecule has 17 heavy (non-hydrogen) atoms. The molecule has 1 aliphatic carbocycles. The Balaban J connectivity index is 1.75. The average Bonchev–Trinajstić information content (AvgIpc) is 2.92. The third-order valence-corrected chi connectivity index (χ3v) is 3.97. The summed E-state index contributed by atoms with van der Waals surface area (Å²) in [5, 5.41) is 10.1. The van der Waals surface area contributed by atoms with Crippen molar-refractivity contribution in [1.82, 2.24) is 4.57 Å². The number of ether oxygens (including phenoxy) is 1. The molecule has 1 aromatic heterocycles. The van der Waals surface area contributed by atoms with Crippen LogP contribution in [0.1, 0.15) is 49.3 Å². The molecular weight excluding hydrogens is 214 g/mol. The molecule has 1 aromatic rings. The zero-order chi connectivity index (χ0) is 11.7. The van der Waals surface area contributed by atoms with E-state index >= 15 is 0 Å². The first-order valence-electron chi connectivity index (χ1n) is 6.81. The minimum Gasteiger partial charge on any atom is -0.388 e. The standard InChI is InChI=1S/C14H21NO2/c16-14-6-2-1-4-11-8-15(10-13(11)14)9-12-5-3-7-17-12/h8,10,12,14,16H,1-7,9H2. The van der Waals surface area contributed by atoms with E-state index in [2.05, 4.69) is 17.0 Å². The lowest BCUT2D eigenvalue weighted by Gasteiger charge is -2.10. The van der Waals surface area contributed by atoms with Crippen molar-refractivity contribution >= 4 is 0 Å². The van der Waals surface area contributed by atoms with Gasteiger partial charge in [0.1, 0.15) is 0 Å². The Morgan fingerprint density at radius 2 is 2.18 bits per heavy atom. The van der Waals surface area contributed by atoms with E-state index in [1.807, 2.05) is 0 Å². The number of hydrogen-bond donors (Lipinski definition) is 1. The number of aryl methyl sites for hydroxylation is 1. The second-order valence-electron chi connectivity index (χ2n) is 5.33. The van der Waals surface area contributed by atoms with Gasteiger partial charge in [-0.1, -0.05) is 6.42 Å². The molecule has 3 heteroatoms. The third-order valence-electron chi connectivity index (χ3n) is 3.97. The lowest BCUT2D eigenvalue weighted by atomic mass is 10.1. The highest BCUT2D eigenvalue weighted by molar-refractivity contribution is 5.28. The molecule has 3 rings (SSSR count). The normalized spacial score (nSPS) is 29.0. The summed E-state index contributed by atoms with van der Waals surface area (Å²) >= 11 is 0. The summed E-state index contributed by atoms with van der Waals surface area (Å²) in [6, 6.07) is 0. The summed E-state index contributed by atoms with van der Waals surface area (Å²) in [6.45, 7) is 1.86. The van der Waals surface area contributed by atoms with Gasteiger partial charge in [-0.05, 0) is 37.7 Å². The molecule has 1 N–H and O–H groups in total. The second-order valence-corrected chi connectivity index (χ2v) is 5.33. The monoisotopic (exact) mass is 235 g/mol. The van der Waals surface area contributed by atoms with Crippen molar-refractivity contribution in [2.45, 2.75) is 57.3 Å². The van der Waals surface area contributed by atoms with Gasteiger partial charge in [0.25, 0.3) is 0 Å². The quantitative estimate of drug-likeness (QED) is 0.799. The molecule has 94 valence electrons. The number of hydrogen-bond acceptors (Lipinski definition) is 2. The van der Waals surface area contributed by atoms with Gasteiger partial charge < -0.3 is 14.4 Å². The molecule has 1 fully saturated rings. The topological polar surface area (TPSA) is 34.4 Å². The number of aliphatic hydroxyl groups is 1. The molecule has 0 radical (unpaired) electrons. The fourth-order valence-electron chi connectivity index (χ4n) is 3.02. The van der Waals surface area contributed by atoms with E-state index in [4.69, 9.17) is 4.74 Å². The van der Waals surface area contributed by atoms with Gasteiger partial charge in [0.05, 0.1) is 12.2 Å². The van der Waals surface area contributed by atoms with E-state index in [1.54, 1.807) is 0 Å². The number of fused-ring (bicyclic) bond motifs is 1. The zero-order valence-electron chi connectivity index (χ0n) is 10.3. The first kappa shape index (κ1) is 11.3. The van der Waals surface area contributed by atoms with E-state index < -0.39 is 0 Å². The Bertz CT molecular complexity index is 380. The van der Waals surface area contributed by atoms with Crippen LogP contribution in [0, 0.1) is 0 Å². The number of aromatic nitrogens is 1. The van der Waals surface area contributed by atoms with Crippen molar-refractivity contribution in [3.05, 3.63) is 23.5 Å². The summed E-state index contributed by atoms with van der Waals surface area (Å²) in [4.78, 5) is 0. The van der Waals surface area contributed by atoms with E-state index in [9.17, 15) is 5.11 Å². The van der Waals surface area contributed by atoms with Crippen LogP contribution in [-0.2, 0) is 17.7 Å². The molecule has 0 aromatic carbocycles. The molecule has 0 bridgehead atoms. The van der Waals surface area contributed by atoms with Crippen LogP contribution < -0.4 is 0 Å². The van der Waals surface area contributed by atoms with E-state index in [-0.39, 0.29) is 6.10 Å². The van der Waals surface area contributed by atoms with E-state index in [0.717, 1.165) is 38.0 Å². The largest absolute Gasteiger partial charge is 0.388 e. The minimum atomic E-state index is -0.252. The van der Waals surface area contributed by atoms with Crippen molar-refractivity contribution < 1.29 is 9.84 Å². The molecule has 1 aliphatic heterocycles. The van der Waals surface area contributed by atoms with Crippen LogP contribution in [0.25, 0.3) is 0 Å². The van der Waals surface area contributed by atoms with Crippen LogP contribution in [0.5, 0.6) is 0 Å². The Morgan fingerprint density at radius 1 is 1.24 bits per heavy atom. The number of aliphatic hydroxyl groups excluding tert-OH is 1. The second kappa shape index (κ2) is 4.83. The van der Waals surface area contributed by atoms with Gasteiger partial charge in [-0.3, -0.25) is 0 Å². The zero-order valence-corrected chi connectivity index (χ0v) is 10.3. The molecule has 0 spiro atoms. The molecule has 2 heterocycles. The first-order chi connectivity index (χ1) is 8.33. The molecule has 3 nitrogen and oxygen atoms in total. The molecule has 0 amide bonds. The summed E-state index contributed by atoms with van der Waals surface area (Å²) in [5.41, 5.74) is 2.49. The van der Waals surface area contributed by atoms with Crippen molar-refractivity contribution in [3.8, 4) is 0 Å². The van der Waals surface area contributed by atoms with E-state index in [1.165, 1.54) is 24.8 Å². The smallest absolute Gasteiger partial charge is 0.0807 e. The van der Waals surface area contributed by atoms with Gasteiger partial charge in [-0.15, -0.1) is 0 Å². The van der Waals surface area contributed by atoms with Gasteiger partial charge in [-0.25, -0.2) is 0 Å². The van der Waals surface area contributed by atoms with Crippen LogP contribution in [0.4, 0.5) is 0 Å². The van der Waals surface area contributed by atoms with Crippen LogP contribution in [0.3, 0.4) is 0 Å². The lowest BCUT2D eigenvalue weighted by molar-refractivity contribution is 0.0968. The fourth-order valence-corrected chi connectivity index (χ4v) is 3.02. The third kappa shape index (κ3) is 2.40. The van der Waals surface area contributed by atoms with Crippen LogP contribution >= 0.6 is 0 Å². The molecule has 1 saturated heterocycles. The van der Waals surface area contributed by atoms with Gasteiger partial charge >= 0.3 is 0 Å². The molecule has 2 atom stereocenters.